The molecule has 0 saturated heterocycles. The molecule has 2 aromatic carbocycles. The van der Waals surface area contributed by atoms with Crippen molar-refractivity contribution in [3.63, 3.8) is 0 Å². The molecule has 1 aromatic heterocycles. The molecule has 0 radical (unpaired) electrons. The minimum Gasteiger partial charge on any atom is -0.497 e. The van der Waals surface area contributed by atoms with E-state index < -0.39 is 21.5 Å². The maximum Gasteiger partial charge on any atom is 0.263 e. The van der Waals surface area contributed by atoms with Crippen molar-refractivity contribution in [3.8, 4) is 5.75 Å². The first-order valence-electron chi connectivity index (χ1n) is 8.56. The lowest BCUT2D eigenvalue weighted by Crippen LogP contribution is -2.21. The molecule has 1 heterocycles. The predicted octanol–water partition coefficient (Wildman–Crippen LogP) is 3.63. The maximum absolute atomic E-state index is 12.6. The van der Waals surface area contributed by atoms with Crippen LogP contribution in [0.25, 0.3) is 10.2 Å². The second-order valence-electron chi connectivity index (χ2n) is 6.08. The summed E-state index contributed by atoms with van der Waals surface area (Å²) in [5.74, 6) is -0.0354. The van der Waals surface area contributed by atoms with Crippen molar-refractivity contribution < 1.29 is 17.9 Å². The lowest BCUT2D eigenvalue weighted by Gasteiger charge is -2.05. The fourth-order valence-electron chi connectivity index (χ4n) is 2.70. The quantitative estimate of drug-likeness (QED) is 0.527. The number of amides is 1. The van der Waals surface area contributed by atoms with E-state index in [4.69, 9.17) is 16.3 Å². The van der Waals surface area contributed by atoms with Gasteiger partial charge in [-0.3, -0.25) is 4.79 Å². The molecule has 0 saturated carbocycles. The van der Waals surface area contributed by atoms with Gasteiger partial charge in [-0.25, -0.2) is 8.42 Å². The molecule has 0 bridgehead atoms. The number of ether oxygens (including phenoxy) is 1. The Bertz CT molecular complexity index is 1200. The maximum atomic E-state index is 12.6. The monoisotopic (exact) mass is 470 g/mol. The molecule has 0 unspecified atom stereocenters. The summed E-state index contributed by atoms with van der Waals surface area (Å²) in [6.07, 6.45) is 2.00. The van der Waals surface area contributed by atoms with Gasteiger partial charge in [-0.2, -0.15) is 16.8 Å². The van der Waals surface area contributed by atoms with Gasteiger partial charge in [0, 0.05) is 17.3 Å². The predicted molar refractivity (Wildman–Crippen MR) is 119 cm³/mol. The third-order valence-electron chi connectivity index (χ3n) is 4.12. The number of carbonyl (C=O) groups excluding carboxylic acids is 1. The van der Waals surface area contributed by atoms with E-state index in [1.165, 1.54) is 30.6 Å². The lowest BCUT2D eigenvalue weighted by molar-refractivity contribution is -0.115. The van der Waals surface area contributed by atoms with Crippen molar-refractivity contribution in [3.05, 3.63) is 52.3 Å². The summed E-state index contributed by atoms with van der Waals surface area (Å²) in [4.78, 5) is 17.1. The normalized spacial score (nSPS) is 12.4. The number of carbonyl (C=O) groups is 1. The second-order valence-corrected chi connectivity index (χ2v) is 10.5. The van der Waals surface area contributed by atoms with Gasteiger partial charge in [0.2, 0.25) is 0 Å². The second kappa shape index (κ2) is 9.34. The van der Waals surface area contributed by atoms with Crippen LogP contribution in [-0.2, 0) is 21.2 Å². The Morgan fingerprint density at radius 3 is 2.62 bits per heavy atom. The number of rotatable bonds is 7. The number of thioether (sulfide) groups is 1. The van der Waals surface area contributed by atoms with Crippen LogP contribution in [0, 0.1) is 0 Å². The van der Waals surface area contributed by atoms with E-state index in [1.54, 1.807) is 30.0 Å². The smallest absolute Gasteiger partial charge is 0.263 e. The van der Waals surface area contributed by atoms with Gasteiger partial charge in [0.1, 0.15) is 11.5 Å². The summed E-state index contributed by atoms with van der Waals surface area (Å²) in [5.41, 5.74) is 0.915. The SMILES string of the molecule is COc1ccc(S(=O)(=O)CC(=O)N=c2sc3cc(Cl)ccc3n2CCSC)cc1. The summed E-state index contributed by atoms with van der Waals surface area (Å²) < 4.78 is 33.0. The van der Waals surface area contributed by atoms with E-state index >= 15 is 0 Å². The number of halogens is 1. The molecule has 0 spiro atoms. The minimum atomic E-state index is -3.80. The number of thiazole rings is 1. The zero-order valence-electron chi connectivity index (χ0n) is 15.8. The van der Waals surface area contributed by atoms with Gasteiger partial charge in [0.15, 0.2) is 14.6 Å². The summed E-state index contributed by atoms with van der Waals surface area (Å²) in [6.45, 7) is 0.653. The molecule has 6 nitrogen and oxygen atoms in total. The molecule has 3 rings (SSSR count). The number of benzene rings is 2. The number of methoxy groups -OCH3 is 1. The molecular formula is C19H19ClN2O4S3. The number of hydrogen-bond donors (Lipinski definition) is 0. The zero-order chi connectivity index (χ0) is 21.0. The molecule has 1 amide bonds. The van der Waals surface area contributed by atoms with Crippen LogP contribution in [0.15, 0.2) is 52.4 Å². The van der Waals surface area contributed by atoms with Gasteiger partial charge >= 0.3 is 0 Å². The third kappa shape index (κ3) is 5.22. The average molecular weight is 471 g/mol. The van der Waals surface area contributed by atoms with Crippen molar-refractivity contribution in [1.82, 2.24) is 4.57 Å². The fourth-order valence-corrected chi connectivity index (χ4v) is 5.52. The van der Waals surface area contributed by atoms with Gasteiger partial charge in [0.25, 0.3) is 5.91 Å². The number of nitrogens with zero attached hydrogens (tertiary/aromatic N) is 2. The molecule has 3 aromatic rings. The topological polar surface area (TPSA) is 77.7 Å². The first kappa shape index (κ1) is 21.9. The van der Waals surface area contributed by atoms with Crippen LogP contribution in [-0.4, -0.2) is 43.8 Å². The molecule has 0 atom stereocenters. The van der Waals surface area contributed by atoms with Gasteiger partial charge in [-0.15, -0.1) is 0 Å². The van der Waals surface area contributed by atoms with Crippen LogP contribution >= 0.6 is 34.7 Å². The highest BCUT2D eigenvalue weighted by Gasteiger charge is 2.19. The number of aromatic nitrogens is 1. The van der Waals surface area contributed by atoms with Crippen LogP contribution in [0.5, 0.6) is 5.75 Å². The minimum absolute atomic E-state index is 0.0558. The molecule has 0 aliphatic heterocycles. The molecule has 0 N–H and O–H groups in total. The van der Waals surface area contributed by atoms with Crippen LogP contribution in [0.3, 0.4) is 0 Å². The van der Waals surface area contributed by atoms with E-state index in [0.717, 1.165) is 16.0 Å². The Morgan fingerprint density at radius 2 is 1.97 bits per heavy atom. The Morgan fingerprint density at radius 1 is 1.24 bits per heavy atom. The summed E-state index contributed by atoms with van der Waals surface area (Å²) in [5, 5.41) is 0.593. The first-order valence-corrected chi connectivity index (χ1v) is 12.8. The van der Waals surface area contributed by atoms with Crippen LogP contribution < -0.4 is 9.54 Å². The molecule has 0 fully saturated rings. The highest BCUT2D eigenvalue weighted by molar-refractivity contribution is 7.98. The number of sulfone groups is 1. The molecule has 154 valence electrons. The largest absolute Gasteiger partial charge is 0.497 e. The summed E-state index contributed by atoms with van der Waals surface area (Å²) in [7, 11) is -2.30. The van der Waals surface area contributed by atoms with E-state index in [9.17, 15) is 13.2 Å². The van der Waals surface area contributed by atoms with Gasteiger partial charge in [-0.05, 0) is 48.7 Å². The lowest BCUT2D eigenvalue weighted by atomic mass is 10.3. The summed E-state index contributed by atoms with van der Waals surface area (Å²) >= 11 is 9.06. The highest BCUT2D eigenvalue weighted by Crippen LogP contribution is 2.22. The van der Waals surface area contributed by atoms with Crippen molar-refractivity contribution in [2.45, 2.75) is 11.4 Å². The Balaban J connectivity index is 1.94. The van der Waals surface area contributed by atoms with Crippen molar-refractivity contribution in [2.75, 3.05) is 24.9 Å². The molecule has 0 aliphatic carbocycles. The van der Waals surface area contributed by atoms with E-state index in [2.05, 4.69) is 4.99 Å². The first-order chi connectivity index (χ1) is 13.8. The molecular weight excluding hydrogens is 452 g/mol. The van der Waals surface area contributed by atoms with Crippen LogP contribution in [0.2, 0.25) is 5.02 Å². The molecule has 0 aliphatic rings. The number of hydrogen-bond acceptors (Lipinski definition) is 6. The van der Waals surface area contributed by atoms with Crippen molar-refractivity contribution >= 4 is 60.7 Å². The highest BCUT2D eigenvalue weighted by atomic mass is 35.5. The summed E-state index contributed by atoms with van der Waals surface area (Å²) in [6, 6.07) is 11.4. The third-order valence-corrected chi connectivity index (χ3v) is 7.60. The van der Waals surface area contributed by atoms with Gasteiger partial charge in [-0.1, -0.05) is 22.9 Å². The Labute approximate surface area is 182 Å². The van der Waals surface area contributed by atoms with Crippen LogP contribution in [0.1, 0.15) is 0 Å². The van der Waals surface area contributed by atoms with Crippen LogP contribution in [0.4, 0.5) is 0 Å². The molecule has 10 heteroatoms. The zero-order valence-corrected chi connectivity index (χ0v) is 19.0. The van der Waals surface area contributed by atoms with Crippen molar-refractivity contribution in [1.29, 1.82) is 0 Å². The van der Waals surface area contributed by atoms with Gasteiger partial charge < -0.3 is 9.30 Å². The number of fused-ring (bicyclic) bond motifs is 1. The molecule has 29 heavy (non-hydrogen) atoms. The van der Waals surface area contributed by atoms with E-state index in [-0.39, 0.29) is 4.90 Å². The Kier molecular flexibility index (Phi) is 7.05. The standard InChI is InChI=1S/C19H19ClN2O4S3/c1-26-14-4-6-15(7-5-14)29(24,25)12-18(23)21-19-22(9-10-27-2)16-8-3-13(20)11-17(16)28-19/h3-8,11H,9-10,12H2,1-2H3. The Hall–Kier alpha value is -1.81. The van der Waals surface area contributed by atoms with Crippen molar-refractivity contribution in [2.24, 2.45) is 4.99 Å². The average Bonchev–Trinajstić information content (AvgIpc) is 3.01. The van der Waals surface area contributed by atoms with E-state index in [0.29, 0.717) is 22.1 Å². The van der Waals surface area contributed by atoms with E-state index in [1.807, 2.05) is 23.0 Å². The van der Waals surface area contributed by atoms with Gasteiger partial charge in [0.05, 0.1) is 22.2 Å². The fraction of sp³-hybridized carbons (Fsp3) is 0.263. The number of aryl methyl sites for hydroxylation is 1.